The van der Waals surface area contributed by atoms with E-state index in [0.29, 0.717) is 5.56 Å². The molecular weight excluding hydrogens is 586 g/mol. The van der Waals surface area contributed by atoms with E-state index < -0.39 is 23.7 Å². The van der Waals surface area contributed by atoms with Crippen LogP contribution in [0.15, 0.2) is 36.4 Å². The van der Waals surface area contributed by atoms with Crippen molar-refractivity contribution in [3.63, 3.8) is 0 Å². The lowest BCUT2D eigenvalue weighted by Crippen LogP contribution is -2.30. The van der Waals surface area contributed by atoms with Gasteiger partial charge in [0.05, 0.1) is 42.8 Å². The molecule has 11 heteroatoms. The molecule has 1 fully saturated rings. The number of carbonyl (C=O) groups is 4. The van der Waals surface area contributed by atoms with Gasteiger partial charge in [0.25, 0.3) is 11.8 Å². The molecule has 3 aromatic rings. The van der Waals surface area contributed by atoms with E-state index in [1.165, 1.54) is 18.2 Å². The summed E-state index contributed by atoms with van der Waals surface area (Å²) in [7, 11) is 0. The first kappa shape index (κ1) is 27.5. The summed E-state index contributed by atoms with van der Waals surface area (Å²) in [5.74, 6) is -2.56. The summed E-state index contributed by atoms with van der Waals surface area (Å²) >= 11 is 24.6. The van der Waals surface area contributed by atoms with Crippen LogP contribution in [0.25, 0.3) is 0 Å². The number of hydrogen-bond acceptors (Lipinski definition) is 5. The second-order valence-corrected chi connectivity index (χ2v) is 11.0. The minimum atomic E-state index is -0.704. The molecule has 7 nitrogen and oxygen atoms in total. The fourth-order valence-electron chi connectivity index (χ4n) is 4.72. The molecule has 2 aliphatic heterocycles. The number of carbonyl (C=O) groups excluding carboxylic acids is 4. The average Bonchev–Trinajstić information content (AvgIpc) is 3.40. The third kappa shape index (κ3) is 4.57. The van der Waals surface area contributed by atoms with Crippen molar-refractivity contribution in [3.8, 4) is 5.75 Å². The van der Waals surface area contributed by atoms with Crippen LogP contribution in [0.4, 0.5) is 11.4 Å². The highest BCUT2D eigenvalue weighted by atomic mass is 35.5. The van der Waals surface area contributed by atoms with Gasteiger partial charge in [0, 0.05) is 18.7 Å². The Balaban J connectivity index is 1.34. The summed E-state index contributed by atoms with van der Waals surface area (Å²) in [4.78, 5) is 54.5. The minimum absolute atomic E-state index is 0.0322. The predicted octanol–water partition coefficient (Wildman–Crippen LogP) is 6.98. The number of ether oxygens (including phenoxy) is 1. The second kappa shape index (κ2) is 10.1. The number of benzene rings is 3. The molecule has 39 heavy (non-hydrogen) atoms. The Morgan fingerprint density at radius 3 is 1.97 bits per heavy atom. The Bertz CT molecular complexity index is 1570. The van der Waals surface area contributed by atoms with Gasteiger partial charge in [-0.2, -0.15) is 0 Å². The SMILES string of the molecule is Cc1ccc(N2C[C@H](C(=O)Oc3ccc(N4C(=O)c5c(Cl)c(Cl)c(Cl)c(Cl)c5C4=O)c(C)c3)CC2=O)cc1C. The maximum absolute atomic E-state index is 13.2. The van der Waals surface area contributed by atoms with Gasteiger partial charge < -0.3 is 9.64 Å². The lowest BCUT2D eigenvalue weighted by molar-refractivity contribution is -0.139. The lowest BCUT2D eigenvalue weighted by Gasteiger charge is -2.19. The fraction of sp³-hybridized carbons (Fsp3) is 0.214. The first-order valence-electron chi connectivity index (χ1n) is 11.8. The van der Waals surface area contributed by atoms with E-state index >= 15 is 0 Å². The number of halogens is 4. The molecule has 0 spiro atoms. The Morgan fingerprint density at radius 2 is 1.41 bits per heavy atom. The van der Waals surface area contributed by atoms with E-state index in [2.05, 4.69) is 0 Å². The molecule has 2 heterocycles. The number of nitrogens with zero attached hydrogens (tertiary/aromatic N) is 2. The van der Waals surface area contributed by atoms with Crippen molar-refractivity contribution in [3.05, 3.63) is 84.3 Å². The zero-order valence-corrected chi connectivity index (χ0v) is 23.9. The molecule has 200 valence electrons. The van der Waals surface area contributed by atoms with Gasteiger partial charge in [-0.25, -0.2) is 4.90 Å². The molecular formula is C28H20Cl4N2O5. The monoisotopic (exact) mass is 604 g/mol. The van der Waals surface area contributed by atoms with Crippen molar-refractivity contribution in [1.82, 2.24) is 0 Å². The van der Waals surface area contributed by atoms with E-state index in [0.717, 1.165) is 21.7 Å². The molecule has 1 saturated heterocycles. The number of rotatable bonds is 4. The minimum Gasteiger partial charge on any atom is -0.426 e. The Hall–Kier alpha value is -3.10. The number of fused-ring (bicyclic) bond motifs is 1. The summed E-state index contributed by atoms with van der Waals surface area (Å²) in [6.07, 6.45) is 0.0322. The molecule has 0 saturated carbocycles. The summed E-state index contributed by atoms with van der Waals surface area (Å²) in [6.45, 7) is 5.81. The van der Waals surface area contributed by atoms with Crippen LogP contribution in [0.3, 0.4) is 0 Å². The normalized spacial score (nSPS) is 16.8. The highest BCUT2D eigenvalue weighted by Gasteiger charge is 2.43. The van der Waals surface area contributed by atoms with Crippen molar-refractivity contribution in [1.29, 1.82) is 0 Å². The molecule has 2 aliphatic rings. The van der Waals surface area contributed by atoms with Gasteiger partial charge in [-0.1, -0.05) is 52.5 Å². The molecule has 0 aromatic heterocycles. The van der Waals surface area contributed by atoms with Crippen LogP contribution in [-0.4, -0.2) is 30.2 Å². The van der Waals surface area contributed by atoms with Gasteiger partial charge in [-0.3, -0.25) is 19.2 Å². The molecule has 0 unspecified atom stereocenters. The largest absolute Gasteiger partial charge is 0.426 e. The number of anilines is 2. The van der Waals surface area contributed by atoms with Gasteiger partial charge in [-0.05, 0) is 67.8 Å². The molecule has 0 N–H and O–H groups in total. The first-order valence-corrected chi connectivity index (χ1v) is 13.4. The number of esters is 1. The lowest BCUT2D eigenvalue weighted by atomic mass is 10.1. The highest BCUT2D eigenvalue weighted by molar-refractivity contribution is 6.56. The van der Waals surface area contributed by atoms with Crippen molar-refractivity contribution in [2.45, 2.75) is 27.2 Å². The van der Waals surface area contributed by atoms with Crippen molar-refractivity contribution < 1.29 is 23.9 Å². The molecule has 5 rings (SSSR count). The predicted molar refractivity (Wildman–Crippen MR) is 151 cm³/mol. The van der Waals surface area contributed by atoms with E-state index in [4.69, 9.17) is 51.1 Å². The maximum Gasteiger partial charge on any atom is 0.316 e. The summed E-state index contributed by atoms with van der Waals surface area (Å²) < 4.78 is 5.57. The molecule has 3 aromatic carbocycles. The Morgan fingerprint density at radius 1 is 0.795 bits per heavy atom. The third-order valence-electron chi connectivity index (χ3n) is 6.99. The Kier molecular flexibility index (Phi) is 7.14. The van der Waals surface area contributed by atoms with Gasteiger partial charge in [-0.15, -0.1) is 0 Å². The summed E-state index contributed by atoms with van der Waals surface area (Å²) in [6, 6.07) is 10.2. The number of aryl methyl sites for hydroxylation is 3. The molecule has 1 atom stereocenters. The van der Waals surface area contributed by atoms with Crippen LogP contribution in [0.1, 0.15) is 43.8 Å². The maximum atomic E-state index is 13.2. The van der Waals surface area contributed by atoms with E-state index in [1.807, 2.05) is 32.0 Å². The smallest absolute Gasteiger partial charge is 0.316 e. The van der Waals surface area contributed by atoms with Crippen LogP contribution in [0.2, 0.25) is 20.1 Å². The number of amides is 3. The van der Waals surface area contributed by atoms with E-state index in [1.54, 1.807) is 11.8 Å². The molecule has 3 amide bonds. The van der Waals surface area contributed by atoms with Gasteiger partial charge in [0.2, 0.25) is 5.91 Å². The fourth-order valence-corrected chi connectivity index (χ4v) is 5.73. The van der Waals surface area contributed by atoms with Gasteiger partial charge in [0.1, 0.15) is 5.75 Å². The molecule has 0 radical (unpaired) electrons. The summed E-state index contributed by atoms with van der Waals surface area (Å²) in [5, 5.41) is -0.562. The number of imide groups is 1. The van der Waals surface area contributed by atoms with Gasteiger partial charge in [0.15, 0.2) is 0 Å². The molecule has 0 aliphatic carbocycles. The van der Waals surface area contributed by atoms with Gasteiger partial charge >= 0.3 is 5.97 Å². The zero-order valence-electron chi connectivity index (χ0n) is 20.9. The quantitative estimate of drug-likeness (QED) is 0.105. The molecule has 0 bridgehead atoms. The van der Waals surface area contributed by atoms with Crippen LogP contribution in [0, 0.1) is 26.7 Å². The average molecular weight is 606 g/mol. The van der Waals surface area contributed by atoms with Crippen LogP contribution in [-0.2, 0) is 9.59 Å². The Labute approximate surface area is 244 Å². The van der Waals surface area contributed by atoms with Crippen LogP contribution < -0.4 is 14.5 Å². The van der Waals surface area contributed by atoms with Crippen molar-refractivity contribution in [2.75, 3.05) is 16.3 Å². The van der Waals surface area contributed by atoms with E-state index in [9.17, 15) is 19.2 Å². The third-order valence-corrected chi connectivity index (χ3v) is 8.79. The van der Waals surface area contributed by atoms with Crippen LogP contribution in [0.5, 0.6) is 5.75 Å². The number of hydrogen-bond donors (Lipinski definition) is 0. The van der Waals surface area contributed by atoms with Crippen molar-refractivity contribution in [2.24, 2.45) is 5.92 Å². The highest BCUT2D eigenvalue weighted by Crippen LogP contribution is 2.46. The summed E-state index contributed by atoms with van der Waals surface area (Å²) in [5.41, 5.74) is 3.36. The zero-order chi connectivity index (χ0) is 28.3. The topological polar surface area (TPSA) is 84.0 Å². The first-order chi connectivity index (χ1) is 18.4. The van der Waals surface area contributed by atoms with E-state index in [-0.39, 0.29) is 61.5 Å². The standard InChI is InChI=1S/C28H20Cl4N2O5/c1-12-4-5-16(8-13(12)2)33-11-15(10-19(33)35)28(38)39-17-6-7-18(14(3)9-17)34-26(36)20-21(27(34)37)23(30)25(32)24(31)22(20)29/h4-9,15H,10-11H2,1-3H3/t15-/m1/s1. The van der Waals surface area contributed by atoms with Crippen LogP contribution >= 0.6 is 46.4 Å². The second-order valence-electron chi connectivity index (χ2n) is 9.49. The van der Waals surface area contributed by atoms with Crippen molar-refractivity contribution >= 4 is 81.5 Å².